The summed E-state index contributed by atoms with van der Waals surface area (Å²) in [5.74, 6) is 0.292. The lowest BCUT2D eigenvalue weighted by Gasteiger charge is -2.38. The summed E-state index contributed by atoms with van der Waals surface area (Å²) >= 11 is 0. The van der Waals surface area contributed by atoms with E-state index in [0.717, 1.165) is 41.8 Å². The minimum Gasteiger partial charge on any atom is -0.248 e. The maximum Gasteiger partial charge on any atom is 0.0715 e. The summed E-state index contributed by atoms with van der Waals surface area (Å²) in [6.45, 7) is 6.82. The Hall–Kier alpha value is -5.53. The monoisotopic (exact) mass is 643 g/mol. The highest BCUT2D eigenvalue weighted by Crippen LogP contribution is 2.65. The maximum atomic E-state index is 5.14. The lowest BCUT2D eigenvalue weighted by atomic mass is 9.64. The maximum absolute atomic E-state index is 5.14. The van der Waals surface area contributed by atoms with Crippen LogP contribution in [0.4, 0.5) is 0 Å². The molecule has 4 aliphatic carbocycles. The second-order valence-electron chi connectivity index (χ2n) is 14.2. The molecule has 0 bridgehead atoms. The van der Waals surface area contributed by atoms with E-state index in [4.69, 9.17) is 4.98 Å². The van der Waals surface area contributed by atoms with Gasteiger partial charge in [-0.25, -0.2) is 4.98 Å². The number of aromatic nitrogens is 1. The largest absolute Gasteiger partial charge is 0.248 e. The van der Waals surface area contributed by atoms with Crippen LogP contribution in [0.5, 0.6) is 0 Å². The fraction of sp³-hybridized carbons (Fsp3) is 0.163. The summed E-state index contributed by atoms with van der Waals surface area (Å²) < 4.78 is 0. The van der Waals surface area contributed by atoms with Crippen molar-refractivity contribution >= 4 is 16.7 Å². The Balaban J connectivity index is 1.15. The molecule has 0 saturated carbocycles. The summed E-state index contributed by atoms with van der Waals surface area (Å²) in [6, 6.07) is 44.1. The van der Waals surface area contributed by atoms with Crippen molar-refractivity contribution in [2.24, 2.45) is 5.92 Å². The molecule has 1 spiro atoms. The molecular formula is C49H41N. The lowest BCUT2D eigenvalue weighted by molar-refractivity contribution is 0.607. The molecule has 1 heteroatoms. The van der Waals surface area contributed by atoms with Crippen LogP contribution in [-0.2, 0) is 5.41 Å². The normalized spacial score (nSPS) is 20.9. The zero-order valence-corrected chi connectivity index (χ0v) is 29.1. The summed E-state index contributed by atoms with van der Waals surface area (Å²) in [5, 5.41) is 0. The van der Waals surface area contributed by atoms with E-state index >= 15 is 0 Å². The average Bonchev–Trinajstić information content (AvgIpc) is 3.64. The minimum atomic E-state index is -0.198. The van der Waals surface area contributed by atoms with Gasteiger partial charge in [-0.15, -0.1) is 0 Å². The number of nitrogens with zero attached hydrogens (tertiary/aromatic N) is 1. The topological polar surface area (TPSA) is 12.9 Å². The van der Waals surface area contributed by atoms with Crippen LogP contribution >= 0.6 is 0 Å². The first-order valence-corrected chi connectivity index (χ1v) is 18.1. The van der Waals surface area contributed by atoms with E-state index in [1.165, 1.54) is 55.7 Å². The minimum absolute atomic E-state index is 0.198. The number of rotatable bonds is 5. The quantitative estimate of drug-likeness (QED) is 0.174. The Morgan fingerprint density at radius 2 is 1.30 bits per heavy atom. The van der Waals surface area contributed by atoms with E-state index in [-0.39, 0.29) is 5.41 Å². The highest BCUT2D eigenvalue weighted by Gasteiger charge is 2.54. The van der Waals surface area contributed by atoms with Gasteiger partial charge in [0, 0.05) is 17.0 Å². The smallest absolute Gasteiger partial charge is 0.0715 e. The molecular weight excluding hydrogens is 603 g/mol. The van der Waals surface area contributed by atoms with Crippen molar-refractivity contribution in [1.82, 2.24) is 4.98 Å². The van der Waals surface area contributed by atoms with Crippen molar-refractivity contribution in [1.29, 1.82) is 0 Å². The average molecular weight is 644 g/mol. The third-order valence-corrected chi connectivity index (χ3v) is 11.5. The number of hydrogen-bond donors (Lipinski definition) is 0. The van der Waals surface area contributed by atoms with Crippen molar-refractivity contribution in [3.63, 3.8) is 0 Å². The molecule has 4 aliphatic rings. The molecule has 1 heterocycles. The van der Waals surface area contributed by atoms with E-state index in [2.05, 4.69) is 172 Å². The number of fused-ring (bicyclic) bond motifs is 8. The van der Waals surface area contributed by atoms with Crippen LogP contribution in [-0.4, -0.2) is 4.98 Å². The first-order valence-electron chi connectivity index (χ1n) is 18.1. The van der Waals surface area contributed by atoms with Crippen LogP contribution in [0.2, 0.25) is 0 Å². The van der Waals surface area contributed by atoms with Crippen LogP contribution in [0.15, 0.2) is 174 Å². The molecule has 0 N–H and O–H groups in total. The Labute approximate surface area is 296 Å². The van der Waals surface area contributed by atoms with E-state index in [0.29, 0.717) is 5.92 Å². The molecule has 0 radical (unpaired) electrons. The summed E-state index contributed by atoms with van der Waals surface area (Å²) in [4.78, 5) is 5.14. The zero-order valence-electron chi connectivity index (χ0n) is 29.1. The molecule has 50 heavy (non-hydrogen) atoms. The fourth-order valence-electron chi connectivity index (χ4n) is 9.23. The van der Waals surface area contributed by atoms with Gasteiger partial charge in [0.25, 0.3) is 0 Å². The van der Waals surface area contributed by atoms with Crippen molar-refractivity contribution < 1.29 is 0 Å². The number of allylic oxidation sites excluding steroid dienone is 12. The molecule has 2 atom stereocenters. The van der Waals surface area contributed by atoms with Gasteiger partial charge < -0.3 is 0 Å². The summed E-state index contributed by atoms with van der Waals surface area (Å²) in [6.07, 6.45) is 15.3. The molecule has 0 saturated heterocycles. The van der Waals surface area contributed by atoms with Gasteiger partial charge in [0.1, 0.15) is 0 Å². The first kappa shape index (κ1) is 30.5. The second-order valence-corrected chi connectivity index (χ2v) is 14.2. The van der Waals surface area contributed by atoms with Gasteiger partial charge in [0.05, 0.1) is 16.8 Å². The Kier molecular flexibility index (Phi) is 7.39. The molecule has 2 unspecified atom stereocenters. The van der Waals surface area contributed by atoms with Crippen LogP contribution in [0, 0.1) is 5.92 Å². The number of benzene rings is 4. The van der Waals surface area contributed by atoms with Gasteiger partial charge in [-0.2, -0.15) is 0 Å². The predicted molar refractivity (Wildman–Crippen MR) is 210 cm³/mol. The van der Waals surface area contributed by atoms with Crippen molar-refractivity contribution in [2.45, 2.75) is 45.4 Å². The zero-order chi connectivity index (χ0) is 33.8. The second kappa shape index (κ2) is 12.1. The molecule has 1 aromatic heterocycles. The lowest BCUT2D eigenvalue weighted by Crippen LogP contribution is -2.31. The third kappa shape index (κ3) is 4.64. The number of hydrogen-bond acceptors (Lipinski definition) is 1. The molecule has 0 aliphatic heterocycles. The fourth-order valence-corrected chi connectivity index (χ4v) is 9.23. The molecule has 5 aromatic rings. The first-order chi connectivity index (χ1) is 24.6. The predicted octanol–water partition coefficient (Wildman–Crippen LogP) is 12.6. The highest BCUT2D eigenvalue weighted by molar-refractivity contribution is 5.99. The van der Waals surface area contributed by atoms with Crippen LogP contribution in [0.3, 0.4) is 0 Å². The van der Waals surface area contributed by atoms with E-state index in [9.17, 15) is 0 Å². The SMILES string of the molecule is C/C=C(\C=C(/C)c1cc(-c2ccccc2)nc(-c2ccccc2)c1)C1CC2=C(C=C1C)c1ccccc1C21C2=C(C=CCC2)c2ccccc21. The molecule has 1 nitrogen and oxygen atoms in total. The van der Waals surface area contributed by atoms with E-state index < -0.39 is 0 Å². The molecule has 242 valence electrons. The van der Waals surface area contributed by atoms with Crippen molar-refractivity contribution in [3.8, 4) is 22.5 Å². The molecule has 4 aromatic carbocycles. The van der Waals surface area contributed by atoms with E-state index in [1.54, 1.807) is 11.1 Å². The van der Waals surface area contributed by atoms with Crippen LogP contribution < -0.4 is 0 Å². The molecule has 9 rings (SSSR count). The van der Waals surface area contributed by atoms with Gasteiger partial charge >= 0.3 is 0 Å². The van der Waals surface area contributed by atoms with Gasteiger partial charge in [0.15, 0.2) is 0 Å². The van der Waals surface area contributed by atoms with Crippen molar-refractivity contribution in [3.05, 3.63) is 202 Å². The van der Waals surface area contributed by atoms with Gasteiger partial charge in [-0.1, -0.05) is 145 Å². The number of pyridine rings is 1. The van der Waals surface area contributed by atoms with Gasteiger partial charge in [-0.05, 0) is 113 Å². The van der Waals surface area contributed by atoms with Gasteiger partial charge in [0.2, 0.25) is 0 Å². The van der Waals surface area contributed by atoms with Gasteiger partial charge in [-0.3, -0.25) is 0 Å². The van der Waals surface area contributed by atoms with Crippen molar-refractivity contribution in [2.75, 3.05) is 0 Å². The highest BCUT2D eigenvalue weighted by atomic mass is 14.7. The Morgan fingerprint density at radius 1 is 0.720 bits per heavy atom. The summed E-state index contributed by atoms with van der Waals surface area (Å²) in [7, 11) is 0. The standard InChI is InChI=1S/C49H41N/c1-4-34(27-32(2)37-29-47(35-17-7-5-8-18-35)50-48(30-37)36-19-9-6-10-20-36)41-31-46-42(28-33(41)3)40-23-13-16-26-45(40)49(46)43-24-14-11-21-38(43)39-22-12-15-25-44(39)49/h4-14,16-24,26-30,41H,15,25,31H2,1-3H3/b32-27+,34-4+. The molecule has 0 amide bonds. The van der Waals surface area contributed by atoms with Crippen LogP contribution in [0.25, 0.3) is 39.2 Å². The summed E-state index contributed by atoms with van der Waals surface area (Å²) in [5.41, 5.74) is 21.1. The Bertz CT molecular complexity index is 2300. The third-order valence-electron chi connectivity index (χ3n) is 11.5. The van der Waals surface area contributed by atoms with E-state index in [1.807, 2.05) is 0 Å². The molecule has 0 fully saturated rings. The van der Waals surface area contributed by atoms with Crippen LogP contribution in [0.1, 0.15) is 67.9 Å². The Morgan fingerprint density at radius 3 is 1.92 bits per heavy atom.